The van der Waals surface area contributed by atoms with Crippen LogP contribution in [0.4, 0.5) is 0 Å². The molecule has 1 rings (SSSR count). The van der Waals surface area contributed by atoms with Crippen LogP contribution in [0.2, 0.25) is 0 Å². The number of hydrogen-bond donors (Lipinski definition) is 1. The molecule has 78 valence electrons. The zero-order valence-corrected chi connectivity index (χ0v) is 9.19. The van der Waals surface area contributed by atoms with Gasteiger partial charge in [-0.1, -0.05) is 12.8 Å². The maximum atomic E-state index is 8.60. The monoisotopic (exact) mass is 203 g/mol. The van der Waals surface area contributed by atoms with Crippen molar-refractivity contribution in [2.45, 2.75) is 25.7 Å². The van der Waals surface area contributed by atoms with Gasteiger partial charge in [-0.15, -0.1) is 0 Å². The second-order valence-corrected chi connectivity index (χ2v) is 4.82. The minimum Gasteiger partial charge on any atom is -0.396 e. The maximum absolute atomic E-state index is 8.60. The highest BCUT2D eigenvalue weighted by Crippen LogP contribution is 2.10. The average Bonchev–Trinajstić information content (AvgIpc) is 2.19. The van der Waals surface area contributed by atoms with Crippen LogP contribution in [-0.2, 0) is 0 Å². The second kappa shape index (κ2) is 7.65. The van der Waals surface area contributed by atoms with Crippen LogP contribution in [0.15, 0.2) is 0 Å². The van der Waals surface area contributed by atoms with Crippen LogP contribution in [0, 0.1) is 0 Å². The van der Waals surface area contributed by atoms with Gasteiger partial charge >= 0.3 is 0 Å². The van der Waals surface area contributed by atoms with Crippen molar-refractivity contribution in [2.75, 3.05) is 37.7 Å². The van der Waals surface area contributed by atoms with Gasteiger partial charge in [-0.2, -0.15) is 11.8 Å². The van der Waals surface area contributed by atoms with E-state index in [0.717, 1.165) is 6.42 Å². The highest BCUT2D eigenvalue weighted by molar-refractivity contribution is 7.99. The van der Waals surface area contributed by atoms with Crippen molar-refractivity contribution in [3.05, 3.63) is 0 Å². The molecule has 1 fully saturated rings. The zero-order valence-electron chi connectivity index (χ0n) is 8.37. The van der Waals surface area contributed by atoms with Crippen LogP contribution >= 0.6 is 11.8 Å². The summed E-state index contributed by atoms with van der Waals surface area (Å²) < 4.78 is 0. The number of unbranched alkanes of at least 4 members (excludes halogenated alkanes) is 3. The lowest BCUT2D eigenvalue weighted by Gasteiger charge is -2.25. The molecule has 0 aromatic rings. The maximum Gasteiger partial charge on any atom is 0.0431 e. The van der Waals surface area contributed by atoms with E-state index in [4.69, 9.17) is 5.11 Å². The fourth-order valence-corrected chi connectivity index (χ4v) is 2.60. The summed E-state index contributed by atoms with van der Waals surface area (Å²) in [5, 5.41) is 8.60. The molecular formula is C10H21NOS. The number of hydrogen-bond acceptors (Lipinski definition) is 3. The molecule has 0 saturated carbocycles. The SMILES string of the molecule is OCCCCCCN1CCSCC1. The number of aliphatic hydroxyl groups excluding tert-OH is 1. The lowest BCUT2D eigenvalue weighted by Crippen LogP contribution is -2.33. The molecule has 0 atom stereocenters. The van der Waals surface area contributed by atoms with Crippen LogP contribution in [0.5, 0.6) is 0 Å². The molecule has 0 spiro atoms. The van der Waals surface area contributed by atoms with E-state index in [1.807, 2.05) is 0 Å². The third-order valence-corrected chi connectivity index (χ3v) is 3.43. The van der Waals surface area contributed by atoms with Crippen LogP contribution < -0.4 is 0 Å². The van der Waals surface area contributed by atoms with Crippen LogP contribution in [-0.4, -0.2) is 47.8 Å². The van der Waals surface area contributed by atoms with Crippen molar-refractivity contribution in [2.24, 2.45) is 0 Å². The van der Waals surface area contributed by atoms with Gasteiger partial charge in [0.25, 0.3) is 0 Å². The van der Waals surface area contributed by atoms with E-state index in [2.05, 4.69) is 16.7 Å². The molecule has 2 nitrogen and oxygen atoms in total. The molecule has 1 heterocycles. The van der Waals surface area contributed by atoms with Gasteiger partial charge in [0.15, 0.2) is 0 Å². The number of rotatable bonds is 6. The first-order valence-corrected chi connectivity index (χ1v) is 6.50. The Morgan fingerprint density at radius 2 is 1.69 bits per heavy atom. The molecule has 0 aliphatic carbocycles. The van der Waals surface area contributed by atoms with Crippen molar-refractivity contribution in [3.63, 3.8) is 0 Å². The van der Waals surface area contributed by atoms with Gasteiger partial charge in [0.1, 0.15) is 0 Å². The highest BCUT2D eigenvalue weighted by Gasteiger charge is 2.08. The van der Waals surface area contributed by atoms with Gasteiger partial charge in [0, 0.05) is 31.2 Å². The minimum atomic E-state index is 0.361. The van der Waals surface area contributed by atoms with E-state index >= 15 is 0 Å². The summed E-state index contributed by atoms with van der Waals surface area (Å²) in [5.74, 6) is 2.63. The average molecular weight is 203 g/mol. The van der Waals surface area contributed by atoms with Crippen LogP contribution in [0.1, 0.15) is 25.7 Å². The predicted molar refractivity (Wildman–Crippen MR) is 59.3 cm³/mol. The Morgan fingerprint density at radius 3 is 2.38 bits per heavy atom. The molecule has 1 saturated heterocycles. The van der Waals surface area contributed by atoms with Gasteiger partial charge in [-0.05, 0) is 19.4 Å². The quantitative estimate of drug-likeness (QED) is 0.663. The topological polar surface area (TPSA) is 23.5 Å². The second-order valence-electron chi connectivity index (χ2n) is 3.59. The predicted octanol–water partition coefficient (Wildman–Crippen LogP) is 1.59. The summed E-state index contributed by atoms with van der Waals surface area (Å²) >= 11 is 2.07. The van der Waals surface area contributed by atoms with E-state index in [9.17, 15) is 0 Å². The molecule has 0 radical (unpaired) electrons. The van der Waals surface area contributed by atoms with Gasteiger partial charge < -0.3 is 10.0 Å². The summed E-state index contributed by atoms with van der Waals surface area (Å²) in [4.78, 5) is 2.56. The van der Waals surface area contributed by atoms with Crippen molar-refractivity contribution in [1.82, 2.24) is 4.90 Å². The van der Waals surface area contributed by atoms with Crippen LogP contribution in [0.3, 0.4) is 0 Å². The summed E-state index contributed by atoms with van der Waals surface area (Å²) in [6, 6.07) is 0. The highest BCUT2D eigenvalue weighted by atomic mass is 32.2. The lowest BCUT2D eigenvalue weighted by molar-refractivity contribution is 0.272. The van der Waals surface area contributed by atoms with Crippen molar-refractivity contribution in [1.29, 1.82) is 0 Å². The minimum absolute atomic E-state index is 0.361. The first-order chi connectivity index (χ1) is 6.43. The first-order valence-electron chi connectivity index (χ1n) is 5.34. The van der Waals surface area contributed by atoms with Crippen molar-refractivity contribution in [3.8, 4) is 0 Å². The van der Waals surface area contributed by atoms with Crippen LogP contribution in [0.25, 0.3) is 0 Å². The Balaban J connectivity index is 1.86. The zero-order chi connectivity index (χ0) is 9.36. The summed E-state index contributed by atoms with van der Waals surface area (Å²) in [6.07, 6.45) is 4.77. The van der Waals surface area contributed by atoms with E-state index in [1.165, 1.54) is 50.4 Å². The normalized spacial score (nSPS) is 19.2. The molecular weight excluding hydrogens is 182 g/mol. The number of aliphatic hydroxyl groups is 1. The smallest absolute Gasteiger partial charge is 0.0431 e. The molecule has 1 N–H and O–H groups in total. The molecule has 1 aliphatic rings. The van der Waals surface area contributed by atoms with Gasteiger partial charge in [0.2, 0.25) is 0 Å². The van der Waals surface area contributed by atoms with Gasteiger partial charge in [-0.25, -0.2) is 0 Å². The van der Waals surface area contributed by atoms with E-state index in [0.29, 0.717) is 6.61 Å². The molecule has 0 unspecified atom stereocenters. The van der Waals surface area contributed by atoms with E-state index in [1.54, 1.807) is 0 Å². The summed E-state index contributed by atoms with van der Waals surface area (Å²) in [7, 11) is 0. The molecule has 3 heteroatoms. The van der Waals surface area contributed by atoms with Gasteiger partial charge in [0.05, 0.1) is 0 Å². The Hall–Kier alpha value is 0.270. The lowest BCUT2D eigenvalue weighted by atomic mass is 10.2. The standard InChI is InChI=1S/C10H21NOS/c12-8-4-2-1-3-5-11-6-9-13-10-7-11/h12H,1-10H2. The largest absolute Gasteiger partial charge is 0.396 e. The Labute approximate surface area is 85.7 Å². The molecule has 0 bridgehead atoms. The van der Waals surface area contributed by atoms with Crippen molar-refractivity contribution < 1.29 is 5.11 Å². The Morgan fingerprint density at radius 1 is 1.00 bits per heavy atom. The molecule has 13 heavy (non-hydrogen) atoms. The van der Waals surface area contributed by atoms with Crippen molar-refractivity contribution >= 4 is 11.8 Å². The van der Waals surface area contributed by atoms with Gasteiger partial charge in [-0.3, -0.25) is 0 Å². The Bertz CT molecular complexity index is 115. The summed E-state index contributed by atoms with van der Waals surface area (Å²) in [6.45, 7) is 4.20. The Kier molecular flexibility index (Phi) is 6.68. The fourth-order valence-electron chi connectivity index (χ4n) is 1.63. The molecule has 1 aliphatic heterocycles. The number of thioether (sulfide) groups is 1. The molecule has 0 aromatic carbocycles. The fraction of sp³-hybridized carbons (Fsp3) is 1.00. The third-order valence-electron chi connectivity index (χ3n) is 2.49. The third kappa shape index (κ3) is 5.55. The molecule has 0 aromatic heterocycles. The summed E-state index contributed by atoms with van der Waals surface area (Å²) in [5.41, 5.74) is 0. The first kappa shape index (κ1) is 11.3. The number of nitrogens with zero attached hydrogens (tertiary/aromatic N) is 1. The van der Waals surface area contributed by atoms with E-state index in [-0.39, 0.29) is 0 Å². The molecule has 0 amide bonds. The van der Waals surface area contributed by atoms with E-state index < -0.39 is 0 Å².